The van der Waals surface area contributed by atoms with Gasteiger partial charge >= 0.3 is 0 Å². The molecule has 0 aromatic heterocycles. The molecule has 0 aliphatic carbocycles. The minimum atomic E-state index is 0. The van der Waals surface area contributed by atoms with Crippen molar-refractivity contribution in [2.75, 3.05) is 25.9 Å². The number of hydrogen-bond donors (Lipinski definition) is 1. The van der Waals surface area contributed by atoms with Gasteiger partial charge in [0.1, 0.15) is 5.75 Å². The topological polar surface area (TPSA) is 38.5 Å². The molecule has 23 heavy (non-hydrogen) atoms. The highest BCUT2D eigenvalue weighted by Gasteiger charge is 2.20. The van der Waals surface area contributed by atoms with E-state index in [1.165, 1.54) is 24.0 Å². The molecular formula is C19H25ClN2O. The first-order valence-corrected chi connectivity index (χ1v) is 7.95. The number of nitrogens with zero attached hydrogens (tertiary/aromatic N) is 1. The van der Waals surface area contributed by atoms with Gasteiger partial charge in [0.15, 0.2) is 0 Å². The molecule has 2 aromatic rings. The van der Waals surface area contributed by atoms with Crippen molar-refractivity contribution in [1.29, 1.82) is 0 Å². The summed E-state index contributed by atoms with van der Waals surface area (Å²) in [6, 6.07) is 16.8. The lowest BCUT2D eigenvalue weighted by Gasteiger charge is -2.32. The number of anilines is 1. The number of nitrogens with two attached hydrogens (primary N) is 1. The van der Waals surface area contributed by atoms with Crippen molar-refractivity contribution in [3.8, 4) is 5.75 Å². The molecule has 0 bridgehead atoms. The van der Waals surface area contributed by atoms with Crippen LogP contribution in [0.15, 0.2) is 48.5 Å². The molecule has 0 amide bonds. The first-order chi connectivity index (χ1) is 10.7. The molecule has 2 aromatic carbocycles. The van der Waals surface area contributed by atoms with E-state index in [0.29, 0.717) is 5.92 Å². The Kier molecular flexibility index (Phi) is 6.31. The van der Waals surface area contributed by atoms with Crippen molar-refractivity contribution in [2.24, 2.45) is 0 Å². The van der Waals surface area contributed by atoms with E-state index in [1.807, 2.05) is 12.1 Å². The fraction of sp³-hybridized carbons (Fsp3) is 0.368. The summed E-state index contributed by atoms with van der Waals surface area (Å²) in [4.78, 5) is 2.52. The van der Waals surface area contributed by atoms with E-state index < -0.39 is 0 Å². The van der Waals surface area contributed by atoms with Crippen LogP contribution in [-0.2, 0) is 6.54 Å². The highest BCUT2D eigenvalue weighted by atomic mass is 35.5. The second-order valence-electron chi connectivity index (χ2n) is 6.07. The summed E-state index contributed by atoms with van der Waals surface area (Å²) in [5.74, 6) is 1.60. The van der Waals surface area contributed by atoms with E-state index in [2.05, 4.69) is 41.3 Å². The molecule has 4 heteroatoms. The zero-order valence-corrected chi connectivity index (χ0v) is 14.4. The summed E-state index contributed by atoms with van der Waals surface area (Å²) in [5.41, 5.74) is 9.45. The molecule has 1 saturated heterocycles. The van der Waals surface area contributed by atoms with Crippen LogP contribution in [0, 0.1) is 0 Å². The zero-order chi connectivity index (χ0) is 15.4. The second kappa shape index (κ2) is 8.23. The van der Waals surface area contributed by atoms with Crippen molar-refractivity contribution in [3.05, 3.63) is 59.7 Å². The van der Waals surface area contributed by atoms with Gasteiger partial charge < -0.3 is 10.5 Å². The number of likely N-dealkylation sites (tertiary alicyclic amines) is 1. The van der Waals surface area contributed by atoms with E-state index in [9.17, 15) is 0 Å². The molecule has 0 unspecified atom stereocenters. The molecule has 0 radical (unpaired) electrons. The van der Waals surface area contributed by atoms with Gasteiger partial charge in [-0.25, -0.2) is 0 Å². The summed E-state index contributed by atoms with van der Waals surface area (Å²) in [6.45, 7) is 3.29. The van der Waals surface area contributed by atoms with E-state index in [1.54, 1.807) is 7.11 Å². The van der Waals surface area contributed by atoms with Crippen LogP contribution >= 0.6 is 12.4 Å². The molecule has 0 spiro atoms. The maximum absolute atomic E-state index is 5.86. The number of benzene rings is 2. The van der Waals surface area contributed by atoms with Crippen LogP contribution in [0.1, 0.15) is 29.9 Å². The molecule has 1 fully saturated rings. The summed E-state index contributed by atoms with van der Waals surface area (Å²) in [5, 5.41) is 0. The molecule has 3 rings (SSSR count). The lowest BCUT2D eigenvalue weighted by Crippen LogP contribution is -2.32. The third-order valence-corrected chi connectivity index (χ3v) is 4.53. The number of hydrogen-bond acceptors (Lipinski definition) is 3. The summed E-state index contributed by atoms with van der Waals surface area (Å²) < 4.78 is 5.23. The van der Waals surface area contributed by atoms with Gasteiger partial charge in [-0.15, -0.1) is 12.4 Å². The summed E-state index contributed by atoms with van der Waals surface area (Å²) >= 11 is 0. The lowest BCUT2D eigenvalue weighted by atomic mass is 9.89. The SMILES string of the molecule is COc1ccc(C2CCN(Cc3cccc(N)c3)CC2)cc1.Cl. The Balaban J connectivity index is 0.00000192. The van der Waals surface area contributed by atoms with Crippen LogP contribution in [0.25, 0.3) is 0 Å². The Labute approximate surface area is 144 Å². The van der Waals surface area contributed by atoms with Crippen LogP contribution in [0.4, 0.5) is 5.69 Å². The van der Waals surface area contributed by atoms with E-state index in [-0.39, 0.29) is 12.4 Å². The molecule has 0 saturated carbocycles. The Morgan fingerprint density at radius 3 is 2.39 bits per heavy atom. The van der Waals surface area contributed by atoms with Crippen molar-refractivity contribution >= 4 is 18.1 Å². The molecule has 0 atom stereocenters. The predicted octanol–water partition coefficient (Wildman–Crippen LogP) is 4.08. The summed E-state index contributed by atoms with van der Waals surface area (Å²) in [7, 11) is 1.71. The van der Waals surface area contributed by atoms with E-state index in [4.69, 9.17) is 10.5 Å². The van der Waals surface area contributed by atoms with Crippen molar-refractivity contribution in [3.63, 3.8) is 0 Å². The average Bonchev–Trinajstić information content (AvgIpc) is 2.56. The Morgan fingerprint density at radius 1 is 1.09 bits per heavy atom. The highest BCUT2D eigenvalue weighted by Crippen LogP contribution is 2.29. The van der Waals surface area contributed by atoms with Gasteiger partial charge in [-0.3, -0.25) is 4.90 Å². The van der Waals surface area contributed by atoms with Gasteiger partial charge in [-0.1, -0.05) is 24.3 Å². The molecular weight excluding hydrogens is 308 g/mol. The largest absolute Gasteiger partial charge is 0.497 e. The average molecular weight is 333 g/mol. The lowest BCUT2D eigenvalue weighted by molar-refractivity contribution is 0.204. The molecule has 2 N–H and O–H groups in total. The van der Waals surface area contributed by atoms with Gasteiger partial charge in [0.2, 0.25) is 0 Å². The Bertz CT molecular complexity index is 607. The fourth-order valence-electron chi connectivity index (χ4n) is 3.25. The van der Waals surface area contributed by atoms with Crippen molar-refractivity contribution in [1.82, 2.24) is 4.90 Å². The molecule has 3 nitrogen and oxygen atoms in total. The number of rotatable bonds is 4. The monoisotopic (exact) mass is 332 g/mol. The summed E-state index contributed by atoms with van der Waals surface area (Å²) in [6.07, 6.45) is 2.43. The number of halogens is 1. The van der Waals surface area contributed by atoms with E-state index >= 15 is 0 Å². The molecule has 1 heterocycles. The highest BCUT2D eigenvalue weighted by molar-refractivity contribution is 5.85. The first-order valence-electron chi connectivity index (χ1n) is 7.95. The first kappa shape index (κ1) is 17.6. The van der Waals surface area contributed by atoms with Crippen molar-refractivity contribution < 1.29 is 4.74 Å². The third-order valence-electron chi connectivity index (χ3n) is 4.53. The standard InChI is InChI=1S/C19H24N2O.ClH/c1-22-19-7-5-16(6-8-19)17-9-11-21(12-10-17)14-15-3-2-4-18(20)13-15;/h2-8,13,17H,9-12,14,20H2,1H3;1H. The predicted molar refractivity (Wildman–Crippen MR) is 98.3 cm³/mol. The zero-order valence-electron chi connectivity index (χ0n) is 13.6. The quantitative estimate of drug-likeness (QED) is 0.857. The van der Waals surface area contributed by atoms with Crippen LogP contribution in [-0.4, -0.2) is 25.1 Å². The van der Waals surface area contributed by atoms with E-state index in [0.717, 1.165) is 31.1 Å². The van der Waals surface area contributed by atoms with Gasteiger partial charge in [-0.05, 0) is 67.2 Å². The van der Waals surface area contributed by atoms with Gasteiger partial charge in [0.05, 0.1) is 7.11 Å². The number of ether oxygens (including phenoxy) is 1. The minimum Gasteiger partial charge on any atom is -0.497 e. The minimum absolute atomic E-state index is 0. The van der Waals surface area contributed by atoms with Crippen LogP contribution in [0.3, 0.4) is 0 Å². The molecule has 124 valence electrons. The Hall–Kier alpha value is -1.71. The fourth-order valence-corrected chi connectivity index (χ4v) is 3.25. The van der Waals surface area contributed by atoms with Crippen molar-refractivity contribution in [2.45, 2.75) is 25.3 Å². The van der Waals surface area contributed by atoms with Gasteiger partial charge in [0.25, 0.3) is 0 Å². The Morgan fingerprint density at radius 2 is 1.78 bits per heavy atom. The van der Waals surface area contributed by atoms with Gasteiger partial charge in [-0.2, -0.15) is 0 Å². The van der Waals surface area contributed by atoms with Crippen LogP contribution in [0.5, 0.6) is 5.75 Å². The molecule has 1 aliphatic heterocycles. The number of nitrogen functional groups attached to an aromatic ring is 1. The third kappa shape index (κ3) is 4.63. The normalized spacial score (nSPS) is 15.9. The van der Waals surface area contributed by atoms with Gasteiger partial charge in [0, 0.05) is 12.2 Å². The van der Waals surface area contributed by atoms with Crippen LogP contribution < -0.4 is 10.5 Å². The van der Waals surface area contributed by atoms with Crippen LogP contribution in [0.2, 0.25) is 0 Å². The number of piperidine rings is 1. The maximum atomic E-state index is 5.86. The second-order valence-corrected chi connectivity index (χ2v) is 6.07. The molecule has 1 aliphatic rings. The maximum Gasteiger partial charge on any atom is 0.118 e. The smallest absolute Gasteiger partial charge is 0.118 e. The number of methoxy groups -OCH3 is 1.